The van der Waals surface area contributed by atoms with Crippen molar-refractivity contribution in [3.63, 3.8) is 0 Å². The third kappa shape index (κ3) is 3.44. The smallest absolute Gasteiger partial charge is 0.257 e. The molecular weight excluding hydrogens is 338 g/mol. The van der Waals surface area contributed by atoms with Crippen LogP contribution in [0.3, 0.4) is 0 Å². The highest BCUT2D eigenvalue weighted by molar-refractivity contribution is 7.16. The van der Waals surface area contributed by atoms with Crippen LogP contribution in [0.25, 0.3) is 0 Å². The first-order chi connectivity index (χ1) is 12.0. The Hall–Kier alpha value is -2.59. The maximum Gasteiger partial charge on any atom is 0.257 e. The predicted octanol–water partition coefficient (Wildman–Crippen LogP) is 3.32. The van der Waals surface area contributed by atoms with Crippen LogP contribution in [-0.4, -0.2) is 29.8 Å². The largest absolute Gasteiger partial charge is 0.472 e. The predicted molar refractivity (Wildman–Crippen MR) is 94.5 cm³/mol. The number of furan rings is 1. The second-order valence-corrected chi connectivity index (χ2v) is 7.39. The molecule has 0 atom stereocenters. The summed E-state index contributed by atoms with van der Waals surface area (Å²) in [6, 6.07) is 3.81. The van der Waals surface area contributed by atoms with E-state index in [-0.39, 0.29) is 17.7 Å². The molecule has 3 rings (SSSR count). The lowest BCUT2D eigenvalue weighted by molar-refractivity contribution is -0.121. The van der Waals surface area contributed by atoms with E-state index in [0.717, 1.165) is 10.4 Å². The second-order valence-electron chi connectivity index (χ2n) is 6.17. The summed E-state index contributed by atoms with van der Waals surface area (Å²) in [4.78, 5) is 27.6. The molecule has 1 saturated heterocycles. The fourth-order valence-corrected chi connectivity index (χ4v) is 3.99. The Bertz CT molecular complexity index is 825. The highest BCUT2D eigenvalue weighted by atomic mass is 32.1. The van der Waals surface area contributed by atoms with Crippen molar-refractivity contribution >= 4 is 28.2 Å². The fourth-order valence-electron chi connectivity index (χ4n) is 2.98. The number of rotatable bonds is 3. The molecule has 2 amide bonds. The average Bonchev–Trinajstić information content (AvgIpc) is 3.24. The summed E-state index contributed by atoms with van der Waals surface area (Å²) in [7, 11) is 0. The van der Waals surface area contributed by atoms with E-state index in [1.165, 1.54) is 23.9 Å². The third-order valence-electron chi connectivity index (χ3n) is 4.65. The number of nitriles is 1. The van der Waals surface area contributed by atoms with Crippen LogP contribution in [0.15, 0.2) is 23.0 Å². The van der Waals surface area contributed by atoms with E-state index in [0.29, 0.717) is 42.1 Å². The van der Waals surface area contributed by atoms with Crippen molar-refractivity contribution in [2.75, 3.05) is 18.4 Å². The minimum atomic E-state index is -0.150. The number of thiophene rings is 1. The Balaban J connectivity index is 1.60. The number of nitrogens with one attached hydrogen (secondary N) is 1. The van der Waals surface area contributed by atoms with Crippen LogP contribution < -0.4 is 5.32 Å². The Kier molecular flexibility index (Phi) is 4.91. The molecule has 25 heavy (non-hydrogen) atoms. The summed E-state index contributed by atoms with van der Waals surface area (Å²) >= 11 is 1.43. The van der Waals surface area contributed by atoms with E-state index in [4.69, 9.17) is 4.42 Å². The average molecular weight is 357 g/mol. The summed E-state index contributed by atoms with van der Waals surface area (Å²) in [6.45, 7) is 4.90. The maximum atomic E-state index is 12.5. The van der Waals surface area contributed by atoms with Crippen molar-refractivity contribution in [1.82, 2.24) is 4.90 Å². The SMILES string of the molecule is Cc1sc(NC(=O)C2CCN(C(=O)c3ccoc3)CC2)c(C#N)c1C. The quantitative estimate of drug-likeness (QED) is 0.913. The van der Waals surface area contributed by atoms with Crippen molar-refractivity contribution in [2.24, 2.45) is 5.92 Å². The van der Waals surface area contributed by atoms with Gasteiger partial charge in [-0.05, 0) is 38.3 Å². The molecule has 0 radical (unpaired) electrons. The van der Waals surface area contributed by atoms with E-state index in [2.05, 4.69) is 11.4 Å². The Labute approximate surface area is 150 Å². The van der Waals surface area contributed by atoms with Crippen molar-refractivity contribution in [1.29, 1.82) is 5.26 Å². The molecule has 1 aliphatic rings. The van der Waals surface area contributed by atoms with Gasteiger partial charge >= 0.3 is 0 Å². The van der Waals surface area contributed by atoms with Gasteiger partial charge in [-0.25, -0.2) is 0 Å². The van der Waals surface area contributed by atoms with E-state index in [1.807, 2.05) is 13.8 Å². The molecule has 1 fully saturated rings. The standard InChI is InChI=1S/C18H19N3O3S/c1-11-12(2)25-17(15(11)9-19)20-16(22)13-3-6-21(7-4-13)18(23)14-5-8-24-10-14/h5,8,10,13H,3-4,6-7H2,1-2H3,(H,20,22). The number of amides is 2. The first-order valence-corrected chi connectivity index (χ1v) is 8.95. The van der Waals surface area contributed by atoms with Gasteiger partial charge in [0.2, 0.25) is 5.91 Å². The topological polar surface area (TPSA) is 86.3 Å². The lowest BCUT2D eigenvalue weighted by Crippen LogP contribution is -2.41. The van der Waals surface area contributed by atoms with Crippen LogP contribution >= 0.6 is 11.3 Å². The molecule has 0 aliphatic carbocycles. The van der Waals surface area contributed by atoms with Gasteiger partial charge in [-0.1, -0.05) is 0 Å². The maximum absolute atomic E-state index is 12.5. The van der Waals surface area contributed by atoms with E-state index in [1.54, 1.807) is 11.0 Å². The van der Waals surface area contributed by atoms with E-state index >= 15 is 0 Å². The first kappa shape index (κ1) is 17.2. The molecular formula is C18H19N3O3S. The molecule has 0 saturated carbocycles. The Morgan fingerprint density at radius 2 is 2.08 bits per heavy atom. The van der Waals surface area contributed by atoms with Crippen LogP contribution in [-0.2, 0) is 4.79 Å². The van der Waals surface area contributed by atoms with Crippen LogP contribution in [0, 0.1) is 31.1 Å². The summed E-state index contributed by atoms with van der Waals surface area (Å²) in [6.07, 6.45) is 4.14. The number of piperidine rings is 1. The number of anilines is 1. The molecule has 0 bridgehead atoms. The number of hydrogen-bond acceptors (Lipinski definition) is 5. The Morgan fingerprint density at radius 1 is 1.36 bits per heavy atom. The summed E-state index contributed by atoms with van der Waals surface area (Å²) in [5, 5.41) is 12.8. The van der Waals surface area contributed by atoms with Gasteiger partial charge in [0.25, 0.3) is 5.91 Å². The summed E-state index contributed by atoms with van der Waals surface area (Å²) in [5.41, 5.74) is 2.00. The van der Waals surface area contributed by atoms with Crippen LogP contribution in [0.1, 0.15) is 39.2 Å². The molecule has 6 nitrogen and oxygen atoms in total. The summed E-state index contributed by atoms with van der Waals surface area (Å²) in [5.74, 6) is -0.292. The molecule has 0 aromatic carbocycles. The van der Waals surface area contributed by atoms with Crippen molar-refractivity contribution in [2.45, 2.75) is 26.7 Å². The number of likely N-dealkylation sites (tertiary alicyclic amines) is 1. The van der Waals surface area contributed by atoms with Crippen molar-refractivity contribution < 1.29 is 14.0 Å². The summed E-state index contributed by atoms with van der Waals surface area (Å²) < 4.78 is 4.95. The zero-order valence-corrected chi connectivity index (χ0v) is 15.0. The monoisotopic (exact) mass is 357 g/mol. The molecule has 1 aliphatic heterocycles. The lowest BCUT2D eigenvalue weighted by atomic mass is 9.95. The second kappa shape index (κ2) is 7.11. The van der Waals surface area contributed by atoms with E-state index in [9.17, 15) is 14.9 Å². The van der Waals surface area contributed by atoms with Gasteiger partial charge in [-0.3, -0.25) is 9.59 Å². The highest BCUT2D eigenvalue weighted by Crippen LogP contribution is 2.32. The lowest BCUT2D eigenvalue weighted by Gasteiger charge is -2.31. The number of aryl methyl sites for hydroxylation is 1. The van der Waals surface area contributed by atoms with Crippen LogP contribution in [0.4, 0.5) is 5.00 Å². The van der Waals surface area contributed by atoms with Gasteiger partial charge in [0.15, 0.2) is 0 Å². The van der Waals surface area contributed by atoms with Gasteiger partial charge in [-0.2, -0.15) is 5.26 Å². The highest BCUT2D eigenvalue weighted by Gasteiger charge is 2.29. The molecule has 2 aromatic rings. The molecule has 1 N–H and O–H groups in total. The minimum absolute atomic E-state index is 0.0659. The Morgan fingerprint density at radius 3 is 2.68 bits per heavy atom. The third-order valence-corrected chi connectivity index (χ3v) is 5.78. The molecule has 2 aromatic heterocycles. The van der Waals surface area contributed by atoms with Gasteiger partial charge in [0.1, 0.15) is 17.3 Å². The number of carbonyl (C=O) groups excluding carboxylic acids is 2. The van der Waals surface area contributed by atoms with Crippen molar-refractivity contribution in [3.05, 3.63) is 40.2 Å². The molecule has 0 unspecified atom stereocenters. The van der Waals surface area contributed by atoms with Gasteiger partial charge in [0.05, 0.1) is 17.4 Å². The van der Waals surface area contributed by atoms with E-state index < -0.39 is 0 Å². The molecule has 7 heteroatoms. The minimum Gasteiger partial charge on any atom is -0.472 e. The normalized spacial score (nSPS) is 15.0. The van der Waals surface area contributed by atoms with Crippen LogP contribution in [0.2, 0.25) is 0 Å². The van der Waals surface area contributed by atoms with Crippen molar-refractivity contribution in [3.8, 4) is 6.07 Å². The molecule has 3 heterocycles. The molecule has 0 spiro atoms. The van der Waals surface area contributed by atoms with Gasteiger partial charge in [0, 0.05) is 23.9 Å². The number of nitrogens with zero attached hydrogens (tertiary/aromatic N) is 2. The zero-order chi connectivity index (χ0) is 18.0. The number of hydrogen-bond donors (Lipinski definition) is 1. The number of carbonyl (C=O) groups is 2. The van der Waals surface area contributed by atoms with Gasteiger partial charge < -0.3 is 14.6 Å². The van der Waals surface area contributed by atoms with Gasteiger partial charge in [-0.15, -0.1) is 11.3 Å². The first-order valence-electron chi connectivity index (χ1n) is 8.13. The zero-order valence-electron chi connectivity index (χ0n) is 14.2. The fraction of sp³-hybridized carbons (Fsp3) is 0.389. The van der Waals surface area contributed by atoms with Crippen LogP contribution in [0.5, 0.6) is 0 Å². The molecule has 130 valence electrons.